The average molecular weight is 521 g/mol. The van der Waals surface area contributed by atoms with Crippen LogP contribution in [0.4, 0.5) is 15.2 Å². The zero-order chi connectivity index (χ0) is 25.4. The third-order valence-corrected chi connectivity index (χ3v) is 9.41. The molecule has 2 aliphatic carbocycles. The van der Waals surface area contributed by atoms with Gasteiger partial charge in [-0.05, 0) is 66.2 Å². The lowest BCUT2D eigenvalue weighted by molar-refractivity contribution is -0.140. The SMILES string of the molecule is NC(CC(=O)Nc1nc2ccc([C@@H]3Nc4c(F)cc5[nH]ncc5c4[C@H]4C5CCC(C5)[C@@H]34)cc2s1)C(=O)O. The van der Waals surface area contributed by atoms with Crippen molar-refractivity contribution in [3.8, 4) is 0 Å². The Hall–Kier alpha value is -3.57. The molecule has 3 aliphatic rings. The number of carboxylic acids is 1. The molecule has 11 heteroatoms. The molecule has 1 aliphatic heterocycles. The number of aromatic nitrogens is 3. The Morgan fingerprint density at radius 1 is 1.27 bits per heavy atom. The summed E-state index contributed by atoms with van der Waals surface area (Å²) in [6.45, 7) is 0. The summed E-state index contributed by atoms with van der Waals surface area (Å²) in [6, 6.07) is 6.26. The van der Waals surface area contributed by atoms with Gasteiger partial charge in [-0.1, -0.05) is 17.4 Å². The number of anilines is 2. The summed E-state index contributed by atoms with van der Waals surface area (Å²) < 4.78 is 16.3. The molecule has 6 N–H and O–H groups in total. The van der Waals surface area contributed by atoms with Crippen LogP contribution in [0.3, 0.4) is 0 Å². The van der Waals surface area contributed by atoms with Gasteiger partial charge < -0.3 is 21.5 Å². The molecule has 0 spiro atoms. The summed E-state index contributed by atoms with van der Waals surface area (Å²) >= 11 is 1.33. The van der Waals surface area contributed by atoms with Gasteiger partial charge in [0.1, 0.15) is 11.9 Å². The number of fused-ring (bicyclic) bond motifs is 10. The van der Waals surface area contributed by atoms with Crippen molar-refractivity contribution in [1.82, 2.24) is 15.2 Å². The second-order valence-electron chi connectivity index (χ2n) is 10.5. The molecule has 7 rings (SSSR count). The van der Waals surface area contributed by atoms with Gasteiger partial charge in [0.2, 0.25) is 5.91 Å². The Kier molecular flexibility index (Phi) is 5.02. The number of carboxylic acid groups (broad SMARTS) is 1. The number of halogens is 1. The zero-order valence-corrected chi connectivity index (χ0v) is 20.5. The molecule has 2 aromatic heterocycles. The summed E-state index contributed by atoms with van der Waals surface area (Å²) in [6.07, 6.45) is 5.03. The molecule has 3 unspecified atom stereocenters. The second-order valence-corrected chi connectivity index (χ2v) is 11.5. The van der Waals surface area contributed by atoms with Crippen molar-refractivity contribution in [2.45, 2.75) is 43.7 Å². The van der Waals surface area contributed by atoms with Crippen LogP contribution in [0.15, 0.2) is 30.5 Å². The van der Waals surface area contributed by atoms with Crippen LogP contribution in [-0.4, -0.2) is 38.2 Å². The Balaban J connectivity index is 1.24. The van der Waals surface area contributed by atoms with Crippen molar-refractivity contribution < 1.29 is 19.1 Å². The highest BCUT2D eigenvalue weighted by Gasteiger charge is 2.54. The number of nitrogens with zero attached hydrogens (tertiary/aromatic N) is 2. The van der Waals surface area contributed by atoms with Gasteiger partial charge in [-0.2, -0.15) is 5.10 Å². The summed E-state index contributed by atoms with van der Waals surface area (Å²) in [4.78, 5) is 27.6. The zero-order valence-electron chi connectivity index (χ0n) is 19.7. The average Bonchev–Trinajstić information content (AvgIpc) is 3.66. The molecule has 2 aromatic carbocycles. The van der Waals surface area contributed by atoms with Gasteiger partial charge in [0.05, 0.1) is 40.1 Å². The molecule has 2 bridgehead atoms. The fourth-order valence-electron chi connectivity index (χ4n) is 7.02. The highest BCUT2D eigenvalue weighted by atomic mass is 32.1. The number of aliphatic carboxylic acids is 1. The van der Waals surface area contributed by atoms with Gasteiger partial charge in [0.25, 0.3) is 0 Å². The number of carbonyl (C=O) groups excluding carboxylic acids is 1. The standard InChI is InChI=1S/C26H25FN6O3S/c27-14-7-17-13(9-29-33-17)22-20-10-1-2-11(5-10)21(20)23(32-24(14)22)12-3-4-16-18(6-12)37-26(30-16)31-19(34)8-15(28)25(35)36/h3-4,6-7,9-11,15,20-21,23,32H,1-2,5,8,28H2,(H,29,33)(H,35,36)(H,30,31,34)/t10?,11?,15?,20-,21+,23-/m0/s1. The van der Waals surface area contributed by atoms with Gasteiger partial charge in [0, 0.05) is 11.5 Å². The van der Waals surface area contributed by atoms with E-state index < -0.39 is 17.9 Å². The molecule has 1 amide bonds. The molecular formula is C26H25FN6O3S. The molecule has 0 radical (unpaired) electrons. The number of aromatic amines is 1. The van der Waals surface area contributed by atoms with Crippen LogP contribution in [-0.2, 0) is 9.59 Å². The summed E-state index contributed by atoms with van der Waals surface area (Å²) in [5.74, 6) is -0.225. The molecule has 3 heterocycles. The van der Waals surface area contributed by atoms with Crippen LogP contribution in [0.5, 0.6) is 0 Å². The first-order valence-corrected chi connectivity index (χ1v) is 13.3. The highest BCUT2D eigenvalue weighted by molar-refractivity contribution is 7.22. The van der Waals surface area contributed by atoms with Crippen molar-refractivity contribution in [1.29, 1.82) is 0 Å². The molecular weight excluding hydrogens is 495 g/mol. The van der Waals surface area contributed by atoms with E-state index in [4.69, 9.17) is 10.8 Å². The number of benzene rings is 2. The quantitative estimate of drug-likeness (QED) is 0.263. The first-order chi connectivity index (χ1) is 17.9. The summed E-state index contributed by atoms with van der Waals surface area (Å²) in [7, 11) is 0. The molecule has 9 nitrogen and oxygen atoms in total. The van der Waals surface area contributed by atoms with E-state index in [0.29, 0.717) is 28.6 Å². The largest absolute Gasteiger partial charge is 0.480 e. The van der Waals surface area contributed by atoms with Crippen LogP contribution < -0.4 is 16.4 Å². The van der Waals surface area contributed by atoms with Crippen molar-refractivity contribution in [2.75, 3.05) is 10.6 Å². The first kappa shape index (κ1) is 22.6. The predicted molar refractivity (Wildman–Crippen MR) is 138 cm³/mol. The van der Waals surface area contributed by atoms with Crippen LogP contribution in [0, 0.1) is 23.6 Å². The number of hydrogen-bond donors (Lipinski definition) is 5. The Bertz CT molecular complexity index is 1580. The minimum atomic E-state index is -1.26. The van der Waals surface area contributed by atoms with E-state index >= 15 is 4.39 Å². The molecule has 6 atom stereocenters. The number of nitrogens with two attached hydrogens (primary N) is 1. The van der Waals surface area contributed by atoms with Gasteiger partial charge in [-0.3, -0.25) is 14.7 Å². The number of hydrogen-bond acceptors (Lipinski definition) is 7. The maximum atomic E-state index is 15.4. The molecule has 2 fully saturated rings. The Labute approximate surface area is 214 Å². The molecule has 190 valence electrons. The van der Waals surface area contributed by atoms with E-state index in [9.17, 15) is 9.59 Å². The van der Waals surface area contributed by atoms with Gasteiger partial charge in [-0.15, -0.1) is 0 Å². The summed E-state index contributed by atoms with van der Waals surface area (Å²) in [5, 5.41) is 23.7. The fourth-order valence-corrected chi connectivity index (χ4v) is 7.95. The molecule has 2 saturated carbocycles. The topological polar surface area (TPSA) is 146 Å². The maximum Gasteiger partial charge on any atom is 0.321 e. The second kappa shape index (κ2) is 8.22. The van der Waals surface area contributed by atoms with E-state index in [0.717, 1.165) is 32.2 Å². The van der Waals surface area contributed by atoms with Crippen LogP contribution >= 0.6 is 11.3 Å². The maximum absolute atomic E-state index is 15.4. The van der Waals surface area contributed by atoms with Crippen molar-refractivity contribution in [2.24, 2.45) is 23.5 Å². The Morgan fingerprint density at radius 3 is 2.95 bits per heavy atom. The minimum absolute atomic E-state index is 0.0373. The van der Waals surface area contributed by atoms with Gasteiger partial charge >= 0.3 is 5.97 Å². The predicted octanol–water partition coefficient (Wildman–Crippen LogP) is 4.35. The van der Waals surface area contributed by atoms with Crippen molar-refractivity contribution >= 4 is 55.2 Å². The Morgan fingerprint density at radius 2 is 2.11 bits per heavy atom. The van der Waals surface area contributed by atoms with Gasteiger partial charge in [-0.25, -0.2) is 9.37 Å². The number of H-pyrrole nitrogens is 1. The fraction of sp³-hybridized carbons (Fsp3) is 0.385. The molecule has 0 saturated heterocycles. The third kappa shape index (κ3) is 3.51. The number of nitrogens with one attached hydrogen (secondary N) is 3. The summed E-state index contributed by atoms with van der Waals surface area (Å²) in [5.41, 5.74) is 9.67. The van der Waals surface area contributed by atoms with E-state index in [1.165, 1.54) is 36.7 Å². The van der Waals surface area contributed by atoms with Crippen LogP contribution in [0.25, 0.3) is 21.1 Å². The number of rotatable bonds is 5. The third-order valence-electron chi connectivity index (χ3n) is 8.48. The first-order valence-electron chi connectivity index (χ1n) is 12.5. The molecule has 37 heavy (non-hydrogen) atoms. The van der Waals surface area contributed by atoms with Crippen molar-refractivity contribution in [3.05, 3.63) is 47.4 Å². The number of amides is 1. The van der Waals surface area contributed by atoms with Gasteiger partial charge in [0.15, 0.2) is 5.13 Å². The lowest BCUT2D eigenvalue weighted by Crippen LogP contribution is -2.36. The monoisotopic (exact) mass is 520 g/mol. The number of thiazole rings is 1. The van der Waals surface area contributed by atoms with Crippen LogP contribution in [0.2, 0.25) is 0 Å². The smallest absolute Gasteiger partial charge is 0.321 e. The van der Waals surface area contributed by atoms with E-state index in [1.54, 1.807) is 0 Å². The normalized spacial score (nSPS) is 26.6. The lowest BCUT2D eigenvalue weighted by Gasteiger charge is -2.43. The van der Waals surface area contributed by atoms with E-state index in [2.05, 4.69) is 31.9 Å². The van der Waals surface area contributed by atoms with E-state index in [-0.39, 0.29) is 24.2 Å². The van der Waals surface area contributed by atoms with E-state index in [1.807, 2.05) is 18.3 Å². The van der Waals surface area contributed by atoms with Crippen molar-refractivity contribution in [3.63, 3.8) is 0 Å². The molecule has 4 aromatic rings. The highest BCUT2D eigenvalue weighted by Crippen LogP contribution is 2.64. The van der Waals surface area contributed by atoms with Crippen LogP contribution in [0.1, 0.15) is 48.8 Å². The minimum Gasteiger partial charge on any atom is -0.480 e. The number of carbonyl (C=O) groups is 2. The lowest BCUT2D eigenvalue weighted by atomic mass is 9.67.